The fourth-order valence-electron chi connectivity index (χ4n) is 4.71. The molecule has 1 aliphatic carbocycles. The Bertz CT molecular complexity index is 485. The smallest absolute Gasteiger partial charge is 0.308 e. The molecule has 0 heterocycles. The van der Waals surface area contributed by atoms with E-state index in [1.165, 1.54) is 18.4 Å². The molecule has 0 spiro atoms. The van der Waals surface area contributed by atoms with E-state index in [1.54, 1.807) is 0 Å². The van der Waals surface area contributed by atoms with Gasteiger partial charge in [0.25, 0.3) is 0 Å². The normalized spacial score (nSPS) is 22.6. The van der Waals surface area contributed by atoms with Crippen molar-refractivity contribution in [1.29, 1.82) is 0 Å². The summed E-state index contributed by atoms with van der Waals surface area (Å²) in [5.74, 6) is 0.731. The number of carbonyl (C=O) groups excluding carboxylic acids is 1. The maximum atomic E-state index is 12.2. The Morgan fingerprint density at radius 1 is 1.13 bits per heavy atom. The van der Waals surface area contributed by atoms with Gasteiger partial charge in [0.15, 0.2) is 0 Å². The lowest BCUT2D eigenvalue weighted by Gasteiger charge is -2.19. The number of esters is 1. The maximum absolute atomic E-state index is 12.2. The molecule has 0 radical (unpaired) electrons. The number of hydrogen-bond acceptors (Lipinski definition) is 4. The van der Waals surface area contributed by atoms with Gasteiger partial charge in [0, 0.05) is 5.92 Å². The monoisotopic (exact) mass is 424 g/mol. The first-order valence-corrected chi connectivity index (χ1v) is 12.6. The molecule has 0 bridgehead atoms. The van der Waals surface area contributed by atoms with Crippen LogP contribution in [0.15, 0.2) is 11.6 Å². The van der Waals surface area contributed by atoms with Crippen LogP contribution in [0.25, 0.3) is 0 Å². The first-order chi connectivity index (χ1) is 14.4. The Balaban J connectivity index is 2.38. The molecular weight excluding hydrogens is 376 g/mol. The third kappa shape index (κ3) is 10.9. The van der Waals surface area contributed by atoms with Gasteiger partial charge in [0.2, 0.25) is 0 Å². The molecule has 176 valence electrons. The van der Waals surface area contributed by atoms with Gasteiger partial charge in [0.05, 0.1) is 24.7 Å². The van der Waals surface area contributed by atoms with Crippen molar-refractivity contribution in [3.63, 3.8) is 0 Å². The van der Waals surface area contributed by atoms with E-state index < -0.39 is 0 Å². The molecule has 0 aromatic rings. The second-order valence-corrected chi connectivity index (χ2v) is 9.59. The Morgan fingerprint density at radius 2 is 1.87 bits per heavy atom. The van der Waals surface area contributed by atoms with E-state index in [2.05, 4.69) is 26.8 Å². The fraction of sp³-hybridized carbons (Fsp3) is 0.885. The van der Waals surface area contributed by atoms with Gasteiger partial charge in [0.1, 0.15) is 0 Å². The van der Waals surface area contributed by atoms with Crippen LogP contribution in [0, 0.1) is 17.8 Å². The summed E-state index contributed by atoms with van der Waals surface area (Å²) < 4.78 is 5.25. The summed E-state index contributed by atoms with van der Waals surface area (Å²) in [7, 11) is 0. The van der Waals surface area contributed by atoms with Crippen molar-refractivity contribution >= 4 is 5.97 Å². The summed E-state index contributed by atoms with van der Waals surface area (Å²) in [6.45, 7) is 8.81. The van der Waals surface area contributed by atoms with Crippen LogP contribution in [0.3, 0.4) is 0 Å². The second-order valence-electron chi connectivity index (χ2n) is 9.59. The third-order valence-corrected chi connectivity index (χ3v) is 6.41. The van der Waals surface area contributed by atoms with Crippen LogP contribution in [-0.4, -0.2) is 35.0 Å². The predicted octanol–water partition coefficient (Wildman–Crippen LogP) is 6.19. The van der Waals surface area contributed by atoms with Crippen LogP contribution in [0.2, 0.25) is 0 Å². The lowest BCUT2D eigenvalue weighted by atomic mass is 9.90. The highest BCUT2D eigenvalue weighted by Crippen LogP contribution is 2.36. The number of rotatable bonds is 16. The van der Waals surface area contributed by atoms with E-state index in [0.717, 1.165) is 70.6 Å². The fourth-order valence-corrected chi connectivity index (χ4v) is 4.71. The number of ether oxygens (including phenoxy) is 1. The minimum atomic E-state index is -0.247. The zero-order valence-electron chi connectivity index (χ0n) is 20.1. The summed E-state index contributed by atoms with van der Waals surface area (Å²) >= 11 is 0. The van der Waals surface area contributed by atoms with E-state index >= 15 is 0 Å². The highest BCUT2D eigenvalue weighted by atomic mass is 16.5. The molecule has 1 fully saturated rings. The molecule has 4 nitrogen and oxygen atoms in total. The van der Waals surface area contributed by atoms with E-state index in [1.807, 2.05) is 6.92 Å². The van der Waals surface area contributed by atoms with Crippen LogP contribution >= 0.6 is 0 Å². The molecule has 2 N–H and O–H groups in total. The zero-order valence-corrected chi connectivity index (χ0v) is 20.1. The first-order valence-electron chi connectivity index (χ1n) is 12.6. The van der Waals surface area contributed by atoms with Gasteiger partial charge >= 0.3 is 5.97 Å². The molecule has 1 saturated carbocycles. The minimum Gasteiger partial charge on any atom is -0.466 e. The van der Waals surface area contributed by atoms with Gasteiger partial charge in [-0.3, -0.25) is 4.79 Å². The summed E-state index contributed by atoms with van der Waals surface area (Å²) in [6, 6.07) is 0. The topological polar surface area (TPSA) is 66.8 Å². The van der Waals surface area contributed by atoms with Crippen LogP contribution < -0.4 is 0 Å². The molecule has 0 amide bonds. The molecule has 0 aromatic carbocycles. The van der Waals surface area contributed by atoms with Crippen LogP contribution in [0.5, 0.6) is 0 Å². The van der Waals surface area contributed by atoms with Crippen LogP contribution in [-0.2, 0) is 9.53 Å². The van der Waals surface area contributed by atoms with Crippen molar-refractivity contribution in [2.75, 3.05) is 6.61 Å². The predicted molar refractivity (Wildman–Crippen MR) is 124 cm³/mol. The maximum Gasteiger partial charge on any atom is 0.308 e. The summed E-state index contributed by atoms with van der Waals surface area (Å²) in [4.78, 5) is 12.2. The summed E-state index contributed by atoms with van der Waals surface area (Å²) in [5.41, 5.74) is 1.35. The molecule has 0 aliphatic heterocycles. The highest BCUT2D eigenvalue weighted by molar-refractivity contribution is 5.72. The highest BCUT2D eigenvalue weighted by Gasteiger charge is 2.29. The minimum absolute atomic E-state index is 0.0201. The Labute approximate surface area is 185 Å². The number of aliphatic hydroxyl groups excluding tert-OH is 2. The number of hydrogen-bond donors (Lipinski definition) is 2. The molecule has 30 heavy (non-hydrogen) atoms. The summed E-state index contributed by atoms with van der Waals surface area (Å²) in [6.07, 6.45) is 14.6. The lowest BCUT2D eigenvalue weighted by Crippen LogP contribution is -2.19. The first kappa shape index (κ1) is 27.2. The van der Waals surface area contributed by atoms with Crippen molar-refractivity contribution in [1.82, 2.24) is 0 Å². The third-order valence-electron chi connectivity index (χ3n) is 6.41. The van der Waals surface area contributed by atoms with Gasteiger partial charge in [-0.2, -0.15) is 0 Å². The van der Waals surface area contributed by atoms with E-state index in [0.29, 0.717) is 12.5 Å². The van der Waals surface area contributed by atoms with E-state index in [9.17, 15) is 15.0 Å². The van der Waals surface area contributed by atoms with Gasteiger partial charge in [-0.05, 0) is 57.8 Å². The molecule has 2 unspecified atom stereocenters. The number of aliphatic hydroxyl groups is 2. The standard InChI is InChI=1S/C26H48O4/c1-5-7-9-13-23(27)17-15-21-16-18-25(28)24(21)14-11-8-10-12-22(19-20(3)4)26(29)30-6-2/h15,20,22-25,27-28H,5-14,16-19H2,1-4H3/t22?,23?,24-,25+/m1/s1. The number of unbranched alkanes of at least 4 members (excludes halogenated alkanes) is 4. The molecule has 0 saturated heterocycles. The van der Waals surface area contributed by atoms with E-state index in [-0.39, 0.29) is 30.0 Å². The molecule has 1 aliphatic rings. The van der Waals surface area contributed by atoms with E-state index in [4.69, 9.17) is 4.74 Å². The Kier molecular flexibility index (Phi) is 14.4. The average molecular weight is 425 g/mol. The van der Waals surface area contributed by atoms with Gasteiger partial charge in [-0.1, -0.05) is 70.9 Å². The summed E-state index contributed by atoms with van der Waals surface area (Å²) in [5, 5.41) is 20.6. The number of carbonyl (C=O) groups is 1. The molecule has 4 heteroatoms. The van der Waals surface area contributed by atoms with Gasteiger partial charge in [-0.15, -0.1) is 0 Å². The quantitative estimate of drug-likeness (QED) is 0.176. The van der Waals surface area contributed by atoms with Gasteiger partial charge < -0.3 is 14.9 Å². The van der Waals surface area contributed by atoms with Crippen LogP contribution in [0.1, 0.15) is 111 Å². The van der Waals surface area contributed by atoms with Crippen molar-refractivity contribution in [2.45, 2.75) is 123 Å². The van der Waals surface area contributed by atoms with Crippen LogP contribution in [0.4, 0.5) is 0 Å². The molecule has 1 rings (SSSR count). The van der Waals surface area contributed by atoms with Gasteiger partial charge in [-0.25, -0.2) is 0 Å². The Hall–Kier alpha value is -0.870. The van der Waals surface area contributed by atoms with Crippen molar-refractivity contribution in [3.8, 4) is 0 Å². The Morgan fingerprint density at radius 3 is 2.53 bits per heavy atom. The van der Waals surface area contributed by atoms with Crippen molar-refractivity contribution in [3.05, 3.63) is 11.6 Å². The largest absolute Gasteiger partial charge is 0.466 e. The SMILES string of the molecule is CCCCCC(O)CC=C1CC[C@H](O)[C@@H]1CCCCCC(CC(C)C)C(=O)OCC. The van der Waals surface area contributed by atoms with Crippen molar-refractivity contribution in [2.24, 2.45) is 17.8 Å². The average Bonchev–Trinajstić information content (AvgIpc) is 3.05. The second kappa shape index (κ2) is 15.9. The zero-order chi connectivity index (χ0) is 22.4. The molecular formula is C26H48O4. The molecule has 0 aromatic heterocycles. The lowest BCUT2D eigenvalue weighted by molar-refractivity contribution is -0.148. The molecule has 4 atom stereocenters. The van der Waals surface area contributed by atoms with Crippen molar-refractivity contribution < 1.29 is 19.7 Å².